The van der Waals surface area contributed by atoms with E-state index in [9.17, 15) is 18.4 Å². The minimum Gasteiger partial charge on any atom is -0.326 e. The Hall–Kier alpha value is -2.96. The van der Waals surface area contributed by atoms with Gasteiger partial charge in [0.1, 0.15) is 11.6 Å². The van der Waals surface area contributed by atoms with Gasteiger partial charge in [0.25, 0.3) is 0 Å². The quantitative estimate of drug-likeness (QED) is 0.811. The number of nitrogens with one attached hydrogen (secondary N) is 2. The molecule has 3 amide bonds. The maximum Gasteiger partial charge on any atom is 0.321 e. The van der Waals surface area contributed by atoms with Crippen LogP contribution in [0.2, 0.25) is 0 Å². The maximum absolute atomic E-state index is 14.1. The number of likely N-dealkylation sites (tertiary alicyclic amines) is 1. The molecule has 0 saturated carbocycles. The number of amides is 3. The number of halogens is 2. The van der Waals surface area contributed by atoms with E-state index in [1.807, 2.05) is 12.1 Å². The van der Waals surface area contributed by atoms with Crippen molar-refractivity contribution in [1.29, 1.82) is 0 Å². The summed E-state index contributed by atoms with van der Waals surface area (Å²) in [6, 6.07) is 8.61. The van der Waals surface area contributed by atoms with Crippen molar-refractivity contribution in [2.45, 2.75) is 31.6 Å². The van der Waals surface area contributed by atoms with E-state index in [-0.39, 0.29) is 17.9 Å². The molecule has 2 aromatic rings. The van der Waals surface area contributed by atoms with Gasteiger partial charge in [-0.1, -0.05) is 6.07 Å². The normalized spacial score (nSPS) is 19.0. The van der Waals surface area contributed by atoms with Crippen LogP contribution in [0.5, 0.6) is 0 Å². The maximum atomic E-state index is 14.1. The number of carbonyl (C=O) groups is 2. The Balaban J connectivity index is 1.45. The van der Waals surface area contributed by atoms with Crippen LogP contribution in [0.4, 0.5) is 25.0 Å². The van der Waals surface area contributed by atoms with E-state index >= 15 is 0 Å². The third kappa shape index (κ3) is 3.83. The number of aryl methyl sites for hydroxylation is 1. The van der Waals surface area contributed by atoms with Crippen LogP contribution in [0.25, 0.3) is 0 Å². The topological polar surface area (TPSA) is 61.4 Å². The summed E-state index contributed by atoms with van der Waals surface area (Å²) in [6.45, 7) is 0.884. The fraction of sp³-hybridized carbons (Fsp3) is 0.333. The molecule has 0 aliphatic carbocycles. The van der Waals surface area contributed by atoms with Crippen LogP contribution in [0.1, 0.15) is 36.3 Å². The van der Waals surface area contributed by atoms with E-state index in [4.69, 9.17) is 0 Å². The van der Waals surface area contributed by atoms with Crippen molar-refractivity contribution in [3.8, 4) is 0 Å². The van der Waals surface area contributed by atoms with Gasteiger partial charge in [0.05, 0.1) is 0 Å². The lowest BCUT2D eigenvalue weighted by Crippen LogP contribution is -2.41. The molecule has 2 aliphatic rings. The van der Waals surface area contributed by atoms with E-state index in [1.165, 1.54) is 6.07 Å². The molecule has 0 radical (unpaired) electrons. The molecule has 1 fully saturated rings. The Bertz CT molecular complexity index is 932. The Morgan fingerprint density at radius 1 is 1.14 bits per heavy atom. The molecule has 0 spiro atoms. The first-order valence-electron chi connectivity index (χ1n) is 9.43. The second-order valence-electron chi connectivity index (χ2n) is 7.30. The van der Waals surface area contributed by atoms with E-state index < -0.39 is 11.6 Å². The predicted octanol–water partition coefficient (Wildman–Crippen LogP) is 4.26. The van der Waals surface area contributed by atoms with Crippen molar-refractivity contribution in [2.75, 3.05) is 23.7 Å². The van der Waals surface area contributed by atoms with Crippen molar-refractivity contribution in [3.05, 3.63) is 59.2 Å². The molecule has 0 bridgehead atoms. The van der Waals surface area contributed by atoms with Crippen molar-refractivity contribution in [2.24, 2.45) is 0 Å². The van der Waals surface area contributed by atoms with Gasteiger partial charge < -0.3 is 15.5 Å². The lowest BCUT2D eigenvalue weighted by Gasteiger charge is -2.33. The number of anilines is 2. The second-order valence-corrected chi connectivity index (χ2v) is 7.30. The number of rotatable bonds is 2. The van der Waals surface area contributed by atoms with Crippen LogP contribution in [-0.2, 0) is 11.2 Å². The van der Waals surface area contributed by atoms with Gasteiger partial charge in [-0.2, -0.15) is 0 Å². The highest BCUT2D eigenvalue weighted by Crippen LogP contribution is 2.30. The van der Waals surface area contributed by atoms with Gasteiger partial charge in [0, 0.05) is 36.8 Å². The zero-order valence-corrected chi connectivity index (χ0v) is 15.3. The lowest BCUT2D eigenvalue weighted by atomic mass is 9.90. The molecule has 2 heterocycles. The summed E-state index contributed by atoms with van der Waals surface area (Å²) < 4.78 is 27.6. The lowest BCUT2D eigenvalue weighted by molar-refractivity contribution is -0.116. The molecule has 1 atom stereocenters. The summed E-state index contributed by atoms with van der Waals surface area (Å²) in [5, 5.41) is 5.65. The summed E-state index contributed by atoms with van der Waals surface area (Å²) in [4.78, 5) is 25.9. The van der Waals surface area contributed by atoms with E-state index in [0.717, 1.165) is 17.7 Å². The molecule has 2 N–H and O–H groups in total. The molecule has 0 aromatic heterocycles. The summed E-state index contributed by atoms with van der Waals surface area (Å²) in [6.07, 6.45) is 2.57. The van der Waals surface area contributed by atoms with E-state index in [2.05, 4.69) is 10.6 Å². The zero-order chi connectivity index (χ0) is 19.7. The zero-order valence-electron chi connectivity index (χ0n) is 15.3. The minimum absolute atomic E-state index is 0.0352. The van der Waals surface area contributed by atoms with Gasteiger partial charge in [-0.3, -0.25) is 4.79 Å². The molecule has 4 rings (SSSR count). The van der Waals surface area contributed by atoms with Gasteiger partial charge in [-0.15, -0.1) is 0 Å². The highest BCUT2D eigenvalue weighted by molar-refractivity contribution is 5.96. The fourth-order valence-corrected chi connectivity index (χ4v) is 3.89. The smallest absolute Gasteiger partial charge is 0.321 e. The largest absolute Gasteiger partial charge is 0.326 e. The van der Waals surface area contributed by atoms with Crippen molar-refractivity contribution < 1.29 is 18.4 Å². The summed E-state index contributed by atoms with van der Waals surface area (Å²) in [7, 11) is 0. The average Bonchev–Trinajstić information content (AvgIpc) is 2.69. The molecular formula is C21H21F2N3O2. The fourth-order valence-electron chi connectivity index (χ4n) is 3.89. The van der Waals surface area contributed by atoms with Crippen LogP contribution in [0, 0.1) is 11.6 Å². The molecule has 1 saturated heterocycles. The first-order chi connectivity index (χ1) is 13.5. The number of hydrogen-bond donors (Lipinski definition) is 2. The standard InChI is InChI=1S/C21H21F2N3O2/c22-15-5-7-18(23)17(10-15)14-2-1-9-26(12-14)21(28)24-16-6-3-13-4-8-20(27)25-19(13)11-16/h3,5-7,10-11,14H,1-2,4,8-9,12H2,(H,24,28)(H,25,27)/t14-/m0/s1. The third-order valence-electron chi connectivity index (χ3n) is 5.36. The number of fused-ring (bicyclic) bond motifs is 1. The van der Waals surface area contributed by atoms with Gasteiger partial charge >= 0.3 is 6.03 Å². The summed E-state index contributed by atoms with van der Waals surface area (Å²) in [5.74, 6) is -1.20. The Morgan fingerprint density at radius 2 is 2.00 bits per heavy atom. The molecule has 7 heteroatoms. The van der Waals surface area contributed by atoms with Gasteiger partial charge in [0.15, 0.2) is 0 Å². The number of hydrogen-bond acceptors (Lipinski definition) is 2. The van der Waals surface area contributed by atoms with Gasteiger partial charge in [0.2, 0.25) is 5.91 Å². The van der Waals surface area contributed by atoms with Crippen molar-refractivity contribution in [3.63, 3.8) is 0 Å². The molecule has 28 heavy (non-hydrogen) atoms. The highest BCUT2D eigenvalue weighted by atomic mass is 19.1. The second kappa shape index (κ2) is 7.58. The Morgan fingerprint density at radius 3 is 2.86 bits per heavy atom. The first kappa shape index (κ1) is 18.4. The summed E-state index contributed by atoms with van der Waals surface area (Å²) >= 11 is 0. The number of nitrogens with zero attached hydrogens (tertiary/aromatic N) is 1. The van der Waals surface area contributed by atoms with Crippen molar-refractivity contribution >= 4 is 23.3 Å². The predicted molar refractivity (Wildman–Crippen MR) is 102 cm³/mol. The molecule has 0 unspecified atom stereocenters. The first-order valence-corrected chi connectivity index (χ1v) is 9.43. The number of urea groups is 1. The Kier molecular flexibility index (Phi) is 4.98. The SMILES string of the molecule is O=C1CCc2ccc(NC(=O)N3CCC[C@H](c4cc(F)ccc4F)C3)cc2N1. The van der Waals surface area contributed by atoms with Crippen LogP contribution in [0.3, 0.4) is 0 Å². The molecule has 5 nitrogen and oxygen atoms in total. The monoisotopic (exact) mass is 385 g/mol. The minimum atomic E-state index is -0.478. The molecule has 2 aliphatic heterocycles. The number of carbonyl (C=O) groups excluding carboxylic acids is 2. The van der Waals surface area contributed by atoms with Gasteiger partial charge in [-0.05, 0) is 60.7 Å². The molecule has 2 aromatic carbocycles. The number of piperidine rings is 1. The Labute approximate surface area is 161 Å². The third-order valence-corrected chi connectivity index (χ3v) is 5.36. The van der Waals surface area contributed by atoms with E-state index in [1.54, 1.807) is 11.0 Å². The number of benzene rings is 2. The van der Waals surface area contributed by atoms with E-state index in [0.29, 0.717) is 55.7 Å². The average molecular weight is 385 g/mol. The molecular weight excluding hydrogens is 364 g/mol. The van der Waals surface area contributed by atoms with Crippen LogP contribution < -0.4 is 10.6 Å². The van der Waals surface area contributed by atoms with Gasteiger partial charge in [-0.25, -0.2) is 13.6 Å². The van der Waals surface area contributed by atoms with Crippen LogP contribution in [0.15, 0.2) is 36.4 Å². The van der Waals surface area contributed by atoms with Crippen LogP contribution >= 0.6 is 0 Å². The molecule has 146 valence electrons. The van der Waals surface area contributed by atoms with Crippen molar-refractivity contribution in [1.82, 2.24) is 4.90 Å². The highest BCUT2D eigenvalue weighted by Gasteiger charge is 2.27. The van der Waals surface area contributed by atoms with Crippen LogP contribution in [-0.4, -0.2) is 29.9 Å². The summed E-state index contributed by atoms with van der Waals surface area (Å²) in [5.41, 5.74) is 2.66.